The fourth-order valence-corrected chi connectivity index (χ4v) is 6.24. The molecule has 0 atom stereocenters. The molecule has 2 aliphatic rings. The molecule has 1 aliphatic heterocycles. The van der Waals surface area contributed by atoms with Crippen LogP contribution in [0.25, 0.3) is 0 Å². The number of likely N-dealkylation sites (tertiary alicyclic amines) is 1. The summed E-state index contributed by atoms with van der Waals surface area (Å²) in [6, 6.07) is 8.12. The van der Waals surface area contributed by atoms with Crippen molar-refractivity contribution in [1.82, 2.24) is 15.2 Å². The lowest BCUT2D eigenvalue weighted by Gasteiger charge is -2.34. The molecule has 1 aromatic carbocycles. The second-order valence-electron chi connectivity index (χ2n) is 8.50. The first-order valence-electron chi connectivity index (χ1n) is 11.3. The summed E-state index contributed by atoms with van der Waals surface area (Å²) in [6.07, 6.45) is 9.70. The molecule has 0 bridgehead atoms. The minimum absolute atomic E-state index is 0.122. The molecule has 1 saturated carbocycles. The van der Waals surface area contributed by atoms with Gasteiger partial charge in [0.2, 0.25) is 5.91 Å². The van der Waals surface area contributed by atoms with Gasteiger partial charge in [0.15, 0.2) is 0 Å². The molecule has 7 heteroatoms. The number of hydrogen-bond acceptors (Lipinski definition) is 5. The standard InChI is InChI=1S/C24H31N3O2S2/c1-30-21-10-6-5-9-19(21)15-25-22(28)20-16-31-23(26-20)17-11-13-27(14-12-17)24(29)18-7-3-2-4-8-18/h5-6,9-10,16-18H,2-4,7-8,11-15H2,1H3,(H,25,28). The maximum absolute atomic E-state index is 12.8. The number of nitrogens with one attached hydrogen (secondary N) is 1. The third kappa shape index (κ3) is 5.50. The summed E-state index contributed by atoms with van der Waals surface area (Å²) in [5.74, 6) is 0.835. The minimum Gasteiger partial charge on any atom is -0.347 e. The second kappa shape index (κ2) is 10.6. The average Bonchev–Trinajstić information content (AvgIpc) is 3.33. The molecule has 2 amide bonds. The van der Waals surface area contributed by atoms with Gasteiger partial charge in [0.25, 0.3) is 5.91 Å². The van der Waals surface area contributed by atoms with Gasteiger partial charge >= 0.3 is 0 Å². The van der Waals surface area contributed by atoms with Gasteiger partial charge in [-0.25, -0.2) is 4.98 Å². The quantitative estimate of drug-likeness (QED) is 0.615. The fourth-order valence-electron chi connectivity index (χ4n) is 4.65. The molecule has 2 heterocycles. The lowest BCUT2D eigenvalue weighted by Crippen LogP contribution is -2.41. The molecular weight excluding hydrogens is 426 g/mol. The maximum atomic E-state index is 12.8. The van der Waals surface area contributed by atoms with Crippen LogP contribution in [0.3, 0.4) is 0 Å². The molecule has 2 fully saturated rings. The van der Waals surface area contributed by atoms with Gasteiger partial charge in [-0.1, -0.05) is 37.5 Å². The van der Waals surface area contributed by atoms with Gasteiger partial charge in [-0.2, -0.15) is 0 Å². The molecule has 2 aromatic rings. The highest BCUT2D eigenvalue weighted by atomic mass is 32.2. The van der Waals surface area contributed by atoms with Crippen LogP contribution < -0.4 is 5.32 Å². The van der Waals surface area contributed by atoms with Crippen LogP contribution in [-0.4, -0.2) is 41.0 Å². The second-order valence-corrected chi connectivity index (χ2v) is 10.2. The van der Waals surface area contributed by atoms with Gasteiger partial charge in [-0.05, 0) is 43.6 Å². The van der Waals surface area contributed by atoms with Crippen LogP contribution in [0.15, 0.2) is 34.5 Å². The van der Waals surface area contributed by atoms with Crippen molar-refractivity contribution in [3.05, 3.63) is 45.9 Å². The Labute approximate surface area is 193 Å². The van der Waals surface area contributed by atoms with E-state index in [-0.39, 0.29) is 11.8 Å². The van der Waals surface area contributed by atoms with E-state index in [9.17, 15) is 9.59 Å². The molecule has 1 aliphatic carbocycles. The van der Waals surface area contributed by atoms with Gasteiger partial charge in [-0.3, -0.25) is 9.59 Å². The van der Waals surface area contributed by atoms with E-state index in [1.54, 1.807) is 23.1 Å². The van der Waals surface area contributed by atoms with E-state index in [0.29, 0.717) is 24.1 Å². The highest BCUT2D eigenvalue weighted by molar-refractivity contribution is 7.98. The van der Waals surface area contributed by atoms with Crippen LogP contribution in [0.2, 0.25) is 0 Å². The van der Waals surface area contributed by atoms with Gasteiger partial charge in [0, 0.05) is 41.7 Å². The fraction of sp³-hybridized carbons (Fsp3) is 0.542. The number of hydrogen-bond donors (Lipinski definition) is 1. The maximum Gasteiger partial charge on any atom is 0.271 e. The number of nitrogens with zero attached hydrogens (tertiary/aromatic N) is 2. The van der Waals surface area contributed by atoms with Crippen molar-refractivity contribution in [2.24, 2.45) is 5.92 Å². The molecule has 166 valence electrons. The summed E-state index contributed by atoms with van der Waals surface area (Å²) in [7, 11) is 0. The summed E-state index contributed by atoms with van der Waals surface area (Å²) >= 11 is 3.26. The van der Waals surface area contributed by atoms with Crippen molar-refractivity contribution < 1.29 is 9.59 Å². The smallest absolute Gasteiger partial charge is 0.271 e. The molecule has 4 rings (SSSR count). The number of piperidine rings is 1. The number of benzene rings is 1. The first-order chi connectivity index (χ1) is 15.2. The number of amides is 2. The lowest BCUT2D eigenvalue weighted by molar-refractivity contribution is -0.137. The number of aromatic nitrogens is 1. The van der Waals surface area contributed by atoms with Crippen molar-refractivity contribution in [1.29, 1.82) is 0 Å². The Balaban J connectivity index is 1.29. The first-order valence-corrected chi connectivity index (χ1v) is 13.4. The third-order valence-electron chi connectivity index (χ3n) is 6.50. The van der Waals surface area contributed by atoms with E-state index in [1.807, 2.05) is 29.8 Å². The van der Waals surface area contributed by atoms with Gasteiger partial charge in [0.1, 0.15) is 5.69 Å². The van der Waals surface area contributed by atoms with Crippen LogP contribution in [0.5, 0.6) is 0 Å². The highest BCUT2D eigenvalue weighted by Gasteiger charge is 2.30. The average molecular weight is 458 g/mol. The minimum atomic E-state index is -0.122. The lowest BCUT2D eigenvalue weighted by atomic mass is 9.87. The van der Waals surface area contributed by atoms with Crippen molar-refractivity contribution in [3.63, 3.8) is 0 Å². The Morgan fingerprint density at radius 2 is 1.87 bits per heavy atom. The van der Waals surface area contributed by atoms with E-state index in [0.717, 1.165) is 49.3 Å². The van der Waals surface area contributed by atoms with Crippen molar-refractivity contribution >= 4 is 34.9 Å². The molecule has 1 aromatic heterocycles. The van der Waals surface area contributed by atoms with Gasteiger partial charge in [0.05, 0.1) is 5.01 Å². The zero-order chi connectivity index (χ0) is 21.6. The highest BCUT2D eigenvalue weighted by Crippen LogP contribution is 2.32. The molecule has 1 saturated heterocycles. The monoisotopic (exact) mass is 457 g/mol. The largest absolute Gasteiger partial charge is 0.347 e. The van der Waals surface area contributed by atoms with Crippen LogP contribution in [0.1, 0.15) is 71.9 Å². The Morgan fingerprint density at radius 3 is 2.61 bits per heavy atom. The van der Waals surface area contributed by atoms with Gasteiger partial charge < -0.3 is 10.2 Å². The SMILES string of the molecule is CSc1ccccc1CNC(=O)c1csc(C2CCN(C(=O)C3CCCCC3)CC2)n1. The summed E-state index contributed by atoms with van der Waals surface area (Å²) in [4.78, 5) is 33.3. The predicted molar refractivity (Wildman–Crippen MR) is 127 cm³/mol. The summed E-state index contributed by atoms with van der Waals surface area (Å²) < 4.78 is 0. The first kappa shape index (κ1) is 22.3. The molecule has 0 spiro atoms. The number of rotatable bonds is 6. The predicted octanol–water partition coefficient (Wildman–Crippen LogP) is 5.08. The van der Waals surface area contributed by atoms with E-state index >= 15 is 0 Å². The number of thioether (sulfide) groups is 1. The Bertz CT molecular complexity index is 900. The van der Waals surface area contributed by atoms with Crippen LogP contribution in [-0.2, 0) is 11.3 Å². The molecule has 0 unspecified atom stereocenters. The number of carbonyl (C=O) groups excluding carboxylic acids is 2. The Kier molecular flexibility index (Phi) is 7.67. The molecule has 5 nitrogen and oxygen atoms in total. The van der Waals surface area contributed by atoms with Crippen molar-refractivity contribution in [2.75, 3.05) is 19.3 Å². The summed E-state index contributed by atoms with van der Waals surface area (Å²) in [5.41, 5.74) is 1.62. The van der Waals surface area contributed by atoms with E-state index in [4.69, 9.17) is 0 Å². The van der Waals surface area contributed by atoms with Gasteiger partial charge in [-0.15, -0.1) is 23.1 Å². The van der Waals surface area contributed by atoms with Crippen molar-refractivity contribution in [2.45, 2.75) is 62.3 Å². The topological polar surface area (TPSA) is 62.3 Å². The third-order valence-corrected chi connectivity index (χ3v) is 8.34. The Morgan fingerprint density at radius 1 is 1.13 bits per heavy atom. The normalized spacial score (nSPS) is 18.2. The van der Waals surface area contributed by atoms with Crippen LogP contribution in [0, 0.1) is 5.92 Å². The molecule has 1 N–H and O–H groups in total. The van der Waals surface area contributed by atoms with E-state index in [1.165, 1.54) is 24.2 Å². The number of thiazole rings is 1. The zero-order valence-electron chi connectivity index (χ0n) is 18.1. The van der Waals surface area contributed by atoms with E-state index < -0.39 is 0 Å². The molecule has 31 heavy (non-hydrogen) atoms. The van der Waals surface area contributed by atoms with Crippen molar-refractivity contribution in [3.8, 4) is 0 Å². The summed E-state index contributed by atoms with van der Waals surface area (Å²) in [5, 5.41) is 5.90. The summed E-state index contributed by atoms with van der Waals surface area (Å²) in [6.45, 7) is 2.13. The molecular formula is C24H31N3O2S2. The molecule has 0 radical (unpaired) electrons. The van der Waals surface area contributed by atoms with E-state index in [2.05, 4.69) is 21.3 Å². The number of carbonyl (C=O) groups is 2. The Hall–Kier alpha value is -1.86. The van der Waals surface area contributed by atoms with Crippen LogP contribution in [0.4, 0.5) is 0 Å². The zero-order valence-corrected chi connectivity index (χ0v) is 19.8. The van der Waals surface area contributed by atoms with Crippen LogP contribution >= 0.6 is 23.1 Å².